The predicted octanol–water partition coefficient (Wildman–Crippen LogP) is 1.18. The van der Waals surface area contributed by atoms with Gasteiger partial charge in [0.25, 0.3) is 0 Å². The molecule has 0 saturated carbocycles. The second kappa shape index (κ2) is 3.81. The summed E-state index contributed by atoms with van der Waals surface area (Å²) in [6.07, 6.45) is 1.47. The number of rotatable bonds is 1. The third-order valence-corrected chi connectivity index (χ3v) is 4.82. The summed E-state index contributed by atoms with van der Waals surface area (Å²) in [7, 11) is -2.75. The summed E-state index contributed by atoms with van der Waals surface area (Å²) >= 11 is 0. The van der Waals surface area contributed by atoms with E-state index in [1.165, 1.54) is 0 Å². The molecule has 1 atom stereocenters. The van der Waals surface area contributed by atoms with E-state index in [0.717, 1.165) is 12.8 Å². The van der Waals surface area contributed by atoms with Gasteiger partial charge < -0.3 is 5.73 Å². The first kappa shape index (κ1) is 12.0. The van der Waals surface area contributed by atoms with E-state index in [1.54, 1.807) is 0 Å². The van der Waals surface area contributed by atoms with Crippen LogP contribution >= 0.6 is 0 Å². The third kappa shape index (κ3) is 2.95. The molecule has 1 rings (SSSR count). The average Bonchev–Trinajstić information content (AvgIpc) is 2.01. The van der Waals surface area contributed by atoms with Crippen molar-refractivity contribution < 1.29 is 8.42 Å². The summed E-state index contributed by atoms with van der Waals surface area (Å²) in [6, 6.07) is 0.109. The summed E-state index contributed by atoms with van der Waals surface area (Å²) in [5.74, 6) is 1.02. The van der Waals surface area contributed by atoms with Crippen LogP contribution in [0.1, 0.15) is 33.6 Å². The van der Waals surface area contributed by atoms with Crippen LogP contribution < -0.4 is 5.73 Å². The Kier molecular flexibility index (Phi) is 3.26. The molecule has 0 spiro atoms. The number of hydrogen-bond donors (Lipinski definition) is 1. The van der Waals surface area contributed by atoms with E-state index in [1.807, 2.05) is 0 Å². The van der Waals surface area contributed by atoms with Crippen molar-refractivity contribution in [3.63, 3.8) is 0 Å². The molecule has 1 fully saturated rings. The SMILES string of the molecule is CC(C)(C)C(N)C1CCS(=O)(=O)CC1. The van der Waals surface area contributed by atoms with Gasteiger partial charge in [-0.15, -0.1) is 0 Å². The largest absolute Gasteiger partial charge is 0.327 e. The Hall–Kier alpha value is -0.0900. The van der Waals surface area contributed by atoms with Crippen molar-refractivity contribution in [3.05, 3.63) is 0 Å². The molecule has 3 nitrogen and oxygen atoms in total. The lowest BCUT2D eigenvalue weighted by molar-refractivity contribution is 0.224. The van der Waals surface area contributed by atoms with Gasteiger partial charge in [0.2, 0.25) is 0 Å². The van der Waals surface area contributed by atoms with Crippen molar-refractivity contribution >= 4 is 9.84 Å². The van der Waals surface area contributed by atoms with E-state index in [4.69, 9.17) is 5.73 Å². The van der Waals surface area contributed by atoms with E-state index in [-0.39, 0.29) is 11.5 Å². The topological polar surface area (TPSA) is 60.2 Å². The van der Waals surface area contributed by atoms with Gasteiger partial charge in [0, 0.05) is 6.04 Å². The number of sulfone groups is 1. The van der Waals surface area contributed by atoms with Gasteiger partial charge in [-0.1, -0.05) is 20.8 Å². The molecule has 0 bridgehead atoms. The van der Waals surface area contributed by atoms with Crippen LogP contribution in [0, 0.1) is 11.3 Å². The fourth-order valence-electron chi connectivity index (χ4n) is 1.97. The van der Waals surface area contributed by atoms with Crippen LogP contribution in [0.15, 0.2) is 0 Å². The molecule has 1 aliphatic heterocycles. The molecular weight excluding hydrogens is 198 g/mol. The molecule has 0 aromatic heterocycles. The molecule has 84 valence electrons. The van der Waals surface area contributed by atoms with E-state index < -0.39 is 9.84 Å². The van der Waals surface area contributed by atoms with Crippen LogP contribution in [0.5, 0.6) is 0 Å². The molecule has 0 amide bonds. The molecule has 4 heteroatoms. The van der Waals surface area contributed by atoms with E-state index in [2.05, 4.69) is 20.8 Å². The Morgan fingerprint density at radius 3 is 2.00 bits per heavy atom. The van der Waals surface area contributed by atoms with Crippen molar-refractivity contribution in [2.45, 2.75) is 39.7 Å². The van der Waals surface area contributed by atoms with Crippen LogP contribution in [-0.2, 0) is 9.84 Å². The summed E-state index contributed by atoms with van der Waals surface area (Å²) in [5, 5.41) is 0. The maximum Gasteiger partial charge on any atom is 0.150 e. The zero-order valence-electron chi connectivity index (χ0n) is 9.29. The highest BCUT2D eigenvalue weighted by Gasteiger charge is 2.33. The fourth-order valence-corrected chi connectivity index (χ4v) is 3.50. The van der Waals surface area contributed by atoms with Crippen LogP contribution in [0.4, 0.5) is 0 Å². The van der Waals surface area contributed by atoms with Gasteiger partial charge in [0.15, 0.2) is 0 Å². The van der Waals surface area contributed by atoms with Gasteiger partial charge in [0.1, 0.15) is 9.84 Å². The summed E-state index contributed by atoms with van der Waals surface area (Å²) in [4.78, 5) is 0. The van der Waals surface area contributed by atoms with Gasteiger partial charge in [0.05, 0.1) is 11.5 Å². The zero-order chi connectivity index (χ0) is 11.0. The fraction of sp³-hybridized carbons (Fsp3) is 1.00. The molecule has 0 radical (unpaired) electrons. The van der Waals surface area contributed by atoms with Crippen LogP contribution in [-0.4, -0.2) is 26.0 Å². The van der Waals surface area contributed by atoms with Gasteiger partial charge in [-0.05, 0) is 24.2 Å². The summed E-state index contributed by atoms with van der Waals surface area (Å²) in [6.45, 7) is 6.34. The molecule has 14 heavy (non-hydrogen) atoms. The summed E-state index contributed by atoms with van der Waals surface area (Å²) in [5.41, 5.74) is 6.19. The number of nitrogens with two attached hydrogens (primary N) is 1. The van der Waals surface area contributed by atoms with E-state index >= 15 is 0 Å². The zero-order valence-corrected chi connectivity index (χ0v) is 10.1. The molecule has 2 N–H and O–H groups in total. The van der Waals surface area contributed by atoms with Crippen molar-refractivity contribution in [1.29, 1.82) is 0 Å². The van der Waals surface area contributed by atoms with Gasteiger partial charge in [-0.25, -0.2) is 8.42 Å². The van der Waals surface area contributed by atoms with Gasteiger partial charge in [-0.2, -0.15) is 0 Å². The minimum Gasteiger partial charge on any atom is -0.327 e. The van der Waals surface area contributed by atoms with Gasteiger partial charge >= 0.3 is 0 Å². The highest BCUT2D eigenvalue weighted by Crippen LogP contribution is 2.30. The van der Waals surface area contributed by atoms with Crippen LogP contribution in [0.25, 0.3) is 0 Å². The third-order valence-electron chi connectivity index (χ3n) is 3.11. The normalized spacial score (nSPS) is 26.0. The molecule has 1 unspecified atom stereocenters. The van der Waals surface area contributed by atoms with Crippen molar-refractivity contribution in [1.82, 2.24) is 0 Å². The lowest BCUT2D eigenvalue weighted by Crippen LogP contribution is -2.44. The van der Waals surface area contributed by atoms with Crippen molar-refractivity contribution in [2.24, 2.45) is 17.1 Å². The Labute approximate surface area is 87.0 Å². The number of hydrogen-bond acceptors (Lipinski definition) is 3. The van der Waals surface area contributed by atoms with Gasteiger partial charge in [-0.3, -0.25) is 0 Å². The Bertz CT molecular complexity index is 276. The first-order valence-corrected chi connectivity index (χ1v) is 7.00. The highest BCUT2D eigenvalue weighted by molar-refractivity contribution is 7.91. The molecule has 1 aliphatic rings. The Balaban J connectivity index is 2.59. The second-order valence-electron chi connectivity index (χ2n) is 5.38. The smallest absolute Gasteiger partial charge is 0.150 e. The molecule has 0 aliphatic carbocycles. The van der Waals surface area contributed by atoms with E-state index in [0.29, 0.717) is 17.4 Å². The van der Waals surface area contributed by atoms with Crippen molar-refractivity contribution in [3.8, 4) is 0 Å². The quantitative estimate of drug-likeness (QED) is 0.720. The maximum absolute atomic E-state index is 11.2. The Morgan fingerprint density at radius 1 is 1.21 bits per heavy atom. The minimum atomic E-state index is -2.75. The lowest BCUT2D eigenvalue weighted by Gasteiger charge is -2.36. The predicted molar refractivity (Wildman–Crippen MR) is 58.8 cm³/mol. The Morgan fingerprint density at radius 2 is 1.64 bits per heavy atom. The maximum atomic E-state index is 11.2. The van der Waals surface area contributed by atoms with Crippen molar-refractivity contribution in [2.75, 3.05) is 11.5 Å². The van der Waals surface area contributed by atoms with Crippen LogP contribution in [0.2, 0.25) is 0 Å². The standard InChI is InChI=1S/C10H21NO2S/c1-10(2,3)9(11)8-4-6-14(12,13)7-5-8/h8-9H,4-7,11H2,1-3H3. The second-order valence-corrected chi connectivity index (χ2v) is 7.68. The first-order valence-electron chi connectivity index (χ1n) is 5.18. The molecule has 1 saturated heterocycles. The van der Waals surface area contributed by atoms with Crippen LogP contribution in [0.3, 0.4) is 0 Å². The molecular formula is C10H21NO2S. The monoisotopic (exact) mass is 219 g/mol. The highest BCUT2D eigenvalue weighted by atomic mass is 32.2. The molecule has 0 aromatic rings. The molecule has 0 aromatic carbocycles. The first-order chi connectivity index (χ1) is 6.22. The average molecular weight is 219 g/mol. The summed E-state index contributed by atoms with van der Waals surface area (Å²) < 4.78 is 22.5. The lowest BCUT2D eigenvalue weighted by atomic mass is 9.77. The molecule has 1 heterocycles. The van der Waals surface area contributed by atoms with E-state index in [9.17, 15) is 8.42 Å². The minimum absolute atomic E-state index is 0.0752.